The van der Waals surface area contributed by atoms with Crippen LogP contribution in [0.5, 0.6) is 0 Å². The second-order valence-corrected chi connectivity index (χ2v) is 6.68. The van der Waals surface area contributed by atoms with Gasteiger partial charge in [-0.25, -0.2) is 4.98 Å². The fourth-order valence-corrected chi connectivity index (χ4v) is 4.03. The van der Waals surface area contributed by atoms with Crippen molar-refractivity contribution in [2.45, 2.75) is 38.1 Å². The lowest BCUT2D eigenvalue weighted by molar-refractivity contribution is 0.213. The van der Waals surface area contributed by atoms with E-state index in [0.29, 0.717) is 0 Å². The Morgan fingerprint density at radius 3 is 2.59 bits per heavy atom. The van der Waals surface area contributed by atoms with Crippen LogP contribution in [0.25, 0.3) is 10.9 Å². The topological polar surface area (TPSA) is 19.4 Å². The van der Waals surface area contributed by atoms with Gasteiger partial charge in [-0.05, 0) is 37.5 Å². The van der Waals surface area contributed by atoms with E-state index in [1.165, 1.54) is 50.6 Å². The summed E-state index contributed by atoms with van der Waals surface area (Å²) in [4.78, 5) is 10.1. The van der Waals surface area contributed by atoms with Gasteiger partial charge in [-0.1, -0.05) is 31.0 Å². The maximum Gasteiger partial charge on any atom is 0.129 e. The molecule has 22 heavy (non-hydrogen) atoms. The van der Waals surface area contributed by atoms with Gasteiger partial charge in [-0.2, -0.15) is 0 Å². The summed E-state index contributed by atoms with van der Waals surface area (Å²) in [6.45, 7) is 4.70. The summed E-state index contributed by atoms with van der Waals surface area (Å²) in [5, 5.41) is 1.23. The molecule has 2 heterocycles. The maximum absolute atomic E-state index is 4.87. The molecule has 2 fully saturated rings. The average molecular weight is 295 g/mol. The van der Waals surface area contributed by atoms with Gasteiger partial charge >= 0.3 is 0 Å². The molecule has 0 spiro atoms. The highest BCUT2D eigenvalue weighted by atomic mass is 15.3. The number of fused-ring (bicyclic) bond motifs is 1. The van der Waals surface area contributed by atoms with E-state index >= 15 is 0 Å². The number of pyridine rings is 1. The molecule has 3 heteroatoms. The molecule has 4 rings (SSSR count). The average Bonchev–Trinajstić information content (AvgIpc) is 2.99. The van der Waals surface area contributed by atoms with E-state index in [2.05, 4.69) is 46.2 Å². The fourth-order valence-electron chi connectivity index (χ4n) is 4.03. The smallest absolute Gasteiger partial charge is 0.129 e. The van der Waals surface area contributed by atoms with Crippen LogP contribution in [0, 0.1) is 0 Å². The highest BCUT2D eigenvalue weighted by Crippen LogP contribution is 2.25. The predicted octanol–water partition coefficient (Wildman–Crippen LogP) is 3.69. The molecular formula is C19H25N3. The molecule has 0 radical (unpaired) electrons. The molecule has 2 aliphatic rings. The number of hydrogen-bond acceptors (Lipinski definition) is 3. The van der Waals surface area contributed by atoms with Crippen molar-refractivity contribution in [1.29, 1.82) is 0 Å². The monoisotopic (exact) mass is 295 g/mol. The van der Waals surface area contributed by atoms with Crippen molar-refractivity contribution in [1.82, 2.24) is 9.88 Å². The van der Waals surface area contributed by atoms with Crippen LogP contribution in [0.1, 0.15) is 32.1 Å². The van der Waals surface area contributed by atoms with Crippen LogP contribution in [0.4, 0.5) is 5.82 Å². The zero-order valence-electron chi connectivity index (χ0n) is 13.2. The number of aromatic nitrogens is 1. The third-order valence-corrected chi connectivity index (χ3v) is 5.28. The third-order valence-electron chi connectivity index (χ3n) is 5.28. The Labute approximate surface area is 132 Å². The molecule has 2 aromatic rings. The maximum atomic E-state index is 4.87. The molecule has 0 atom stereocenters. The molecule has 116 valence electrons. The Bertz CT molecular complexity index is 633. The summed E-state index contributed by atoms with van der Waals surface area (Å²) >= 11 is 0. The molecule has 3 nitrogen and oxygen atoms in total. The van der Waals surface area contributed by atoms with E-state index < -0.39 is 0 Å². The second-order valence-electron chi connectivity index (χ2n) is 6.68. The molecule has 0 amide bonds. The summed E-state index contributed by atoms with van der Waals surface area (Å²) in [5.41, 5.74) is 1.11. The van der Waals surface area contributed by atoms with Crippen LogP contribution in [0.15, 0.2) is 36.4 Å². The van der Waals surface area contributed by atoms with Gasteiger partial charge in [0.15, 0.2) is 0 Å². The van der Waals surface area contributed by atoms with Gasteiger partial charge in [0.25, 0.3) is 0 Å². The van der Waals surface area contributed by atoms with Crippen molar-refractivity contribution < 1.29 is 0 Å². The van der Waals surface area contributed by atoms with Crippen molar-refractivity contribution in [2.75, 3.05) is 31.1 Å². The van der Waals surface area contributed by atoms with Crippen LogP contribution in [0.3, 0.4) is 0 Å². The molecule has 1 aliphatic carbocycles. The Balaban J connectivity index is 1.49. The lowest BCUT2D eigenvalue weighted by Gasteiger charge is -2.27. The molecule has 0 N–H and O–H groups in total. The molecule has 0 unspecified atom stereocenters. The van der Waals surface area contributed by atoms with E-state index in [9.17, 15) is 0 Å². The molecule has 1 aromatic heterocycles. The van der Waals surface area contributed by atoms with E-state index in [-0.39, 0.29) is 0 Å². The predicted molar refractivity (Wildman–Crippen MR) is 92.4 cm³/mol. The minimum Gasteiger partial charge on any atom is -0.355 e. The van der Waals surface area contributed by atoms with E-state index in [0.717, 1.165) is 30.5 Å². The van der Waals surface area contributed by atoms with E-state index in [1.807, 2.05) is 0 Å². The van der Waals surface area contributed by atoms with Crippen molar-refractivity contribution in [2.24, 2.45) is 0 Å². The molecule has 1 aromatic carbocycles. The lowest BCUT2D eigenvalue weighted by Crippen LogP contribution is -2.37. The third kappa shape index (κ3) is 2.82. The largest absolute Gasteiger partial charge is 0.355 e. The van der Waals surface area contributed by atoms with Gasteiger partial charge in [0.05, 0.1) is 5.52 Å². The summed E-state index contributed by atoms with van der Waals surface area (Å²) in [6.07, 6.45) is 6.93. The minimum atomic E-state index is 0.851. The lowest BCUT2D eigenvalue weighted by atomic mass is 10.2. The zero-order valence-corrected chi connectivity index (χ0v) is 13.2. The van der Waals surface area contributed by atoms with Crippen LogP contribution in [0.2, 0.25) is 0 Å². The van der Waals surface area contributed by atoms with E-state index in [1.54, 1.807) is 0 Å². The standard InChI is InChI=1S/C19H25N3/c1-4-9-18-16(6-1)10-11-19(20-18)22-13-5-12-21(14-15-22)17-7-2-3-8-17/h1,4,6,9-11,17H,2-3,5,7-8,12-15H2. The first-order chi connectivity index (χ1) is 10.9. The van der Waals surface area contributed by atoms with Gasteiger partial charge in [0, 0.05) is 37.6 Å². The Morgan fingerprint density at radius 2 is 1.68 bits per heavy atom. The Morgan fingerprint density at radius 1 is 0.818 bits per heavy atom. The normalized spacial score (nSPS) is 21.4. The summed E-state index contributed by atoms with van der Waals surface area (Å²) in [7, 11) is 0. The number of nitrogens with zero attached hydrogens (tertiary/aromatic N) is 3. The van der Waals surface area contributed by atoms with E-state index in [4.69, 9.17) is 4.98 Å². The number of hydrogen-bond donors (Lipinski definition) is 0. The quantitative estimate of drug-likeness (QED) is 0.842. The fraction of sp³-hybridized carbons (Fsp3) is 0.526. The summed E-state index contributed by atoms with van der Waals surface area (Å²) in [5.74, 6) is 1.15. The second kappa shape index (κ2) is 6.25. The zero-order chi connectivity index (χ0) is 14.8. The number of para-hydroxylation sites is 1. The van der Waals surface area contributed by atoms with Gasteiger partial charge in [-0.3, -0.25) is 4.90 Å². The molecular weight excluding hydrogens is 270 g/mol. The Hall–Kier alpha value is -1.61. The molecule has 1 saturated heterocycles. The van der Waals surface area contributed by atoms with Crippen LogP contribution in [-0.2, 0) is 0 Å². The van der Waals surface area contributed by atoms with Gasteiger partial charge < -0.3 is 4.90 Å². The van der Waals surface area contributed by atoms with Crippen LogP contribution in [-0.4, -0.2) is 42.1 Å². The molecule has 1 saturated carbocycles. The van der Waals surface area contributed by atoms with Crippen molar-refractivity contribution in [3.8, 4) is 0 Å². The number of benzene rings is 1. The Kier molecular flexibility index (Phi) is 3.98. The van der Waals surface area contributed by atoms with Crippen molar-refractivity contribution >= 4 is 16.7 Å². The van der Waals surface area contributed by atoms with Gasteiger partial charge in [0.1, 0.15) is 5.82 Å². The van der Waals surface area contributed by atoms with Gasteiger partial charge in [0.2, 0.25) is 0 Å². The summed E-state index contributed by atoms with van der Waals surface area (Å²) < 4.78 is 0. The summed E-state index contributed by atoms with van der Waals surface area (Å²) in [6, 6.07) is 13.6. The first kappa shape index (κ1) is 14.0. The molecule has 1 aliphatic heterocycles. The van der Waals surface area contributed by atoms with Gasteiger partial charge in [-0.15, -0.1) is 0 Å². The number of anilines is 1. The SMILES string of the molecule is c1ccc2nc(N3CCCN(C4CCCC4)CC3)ccc2c1. The first-order valence-corrected chi connectivity index (χ1v) is 8.75. The number of rotatable bonds is 2. The van der Waals surface area contributed by atoms with Crippen LogP contribution < -0.4 is 4.90 Å². The van der Waals surface area contributed by atoms with Crippen molar-refractivity contribution in [3.05, 3.63) is 36.4 Å². The van der Waals surface area contributed by atoms with Crippen LogP contribution >= 0.6 is 0 Å². The first-order valence-electron chi connectivity index (χ1n) is 8.75. The van der Waals surface area contributed by atoms with Crippen molar-refractivity contribution in [3.63, 3.8) is 0 Å². The minimum absolute atomic E-state index is 0.851. The highest BCUT2D eigenvalue weighted by Gasteiger charge is 2.24. The molecule has 0 bridgehead atoms. The highest BCUT2D eigenvalue weighted by molar-refractivity contribution is 5.80.